The maximum atomic E-state index is 8.83. The molecule has 0 radical (unpaired) electrons. The number of nitrogens with zero attached hydrogens (tertiary/aromatic N) is 3. The highest BCUT2D eigenvalue weighted by Gasteiger charge is 2.05. The predicted octanol–water partition coefficient (Wildman–Crippen LogP) is 1.92. The summed E-state index contributed by atoms with van der Waals surface area (Å²) in [5.41, 5.74) is 1.84. The Bertz CT molecular complexity index is 579. The first-order valence-corrected chi connectivity index (χ1v) is 4.15. The van der Waals surface area contributed by atoms with Gasteiger partial charge >= 0.3 is 0 Å². The highest BCUT2D eigenvalue weighted by Crippen LogP contribution is 2.19. The number of aromatic nitrogens is 1. The van der Waals surface area contributed by atoms with Gasteiger partial charge in [0.05, 0.1) is 11.1 Å². The second kappa shape index (κ2) is 2.90. The van der Waals surface area contributed by atoms with Crippen molar-refractivity contribution in [1.29, 1.82) is 10.5 Å². The van der Waals surface area contributed by atoms with Gasteiger partial charge in [-0.25, -0.2) is 0 Å². The van der Waals surface area contributed by atoms with Gasteiger partial charge in [-0.15, -0.1) is 0 Å². The minimum Gasteiger partial charge on any atom is -0.351 e. The molecule has 1 aromatic heterocycles. The smallest absolute Gasteiger partial charge is 0.101 e. The molecule has 0 aliphatic heterocycles. The van der Waals surface area contributed by atoms with Crippen LogP contribution in [-0.2, 0) is 7.05 Å². The van der Waals surface area contributed by atoms with Crippen LogP contribution in [0.15, 0.2) is 24.4 Å². The summed E-state index contributed by atoms with van der Waals surface area (Å²) in [7, 11) is 1.91. The highest BCUT2D eigenvalue weighted by atomic mass is 14.9. The Morgan fingerprint density at radius 2 is 1.79 bits per heavy atom. The molecule has 0 bridgehead atoms. The normalized spacial score (nSPS) is 9.64. The molecule has 0 spiro atoms. The third kappa shape index (κ3) is 1.04. The third-order valence-electron chi connectivity index (χ3n) is 2.27. The Morgan fingerprint density at radius 3 is 2.43 bits per heavy atom. The molecule has 1 heterocycles. The zero-order valence-corrected chi connectivity index (χ0v) is 7.65. The summed E-state index contributed by atoms with van der Waals surface area (Å²) in [6.45, 7) is 0. The fraction of sp³-hybridized carbons (Fsp3) is 0.0909. The van der Waals surface area contributed by atoms with Gasteiger partial charge in [0.1, 0.15) is 12.1 Å². The molecule has 0 aliphatic carbocycles. The Kier molecular flexibility index (Phi) is 1.73. The van der Waals surface area contributed by atoms with Crippen LogP contribution >= 0.6 is 0 Å². The minimum absolute atomic E-state index is 0.432. The number of fused-ring (bicyclic) bond motifs is 1. The van der Waals surface area contributed by atoms with Gasteiger partial charge in [-0.05, 0) is 18.2 Å². The van der Waals surface area contributed by atoms with Gasteiger partial charge in [-0.2, -0.15) is 10.5 Å². The quantitative estimate of drug-likeness (QED) is 0.623. The summed E-state index contributed by atoms with van der Waals surface area (Å²) in [6.07, 6.45) is 1.91. The van der Waals surface area contributed by atoms with E-state index in [2.05, 4.69) is 0 Å². The largest absolute Gasteiger partial charge is 0.351 e. The van der Waals surface area contributed by atoms with Gasteiger partial charge in [0, 0.05) is 24.1 Å². The van der Waals surface area contributed by atoms with E-state index in [1.54, 1.807) is 12.1 Å². The van der Waals surface area contributed by atoms with Crippen molar-refractivity contribution in [3.63, 3.8) is 0 Å². The van der Waals surface area contributed by atoms with Gasteiger partial charge in [-0.3, -0.25) is 0 Å². The lowest BCUT2D eigenvalue weighted by atomic mass is 10.1. The van der Waals surface area contributed by atoms with Crippen molar-refractivity contribution in [2.45, 2.75) is 0 Å². The summed E-state index contributed by atoms with van der Waals surface area (Å²) in [5.74, 6) is 0. The lowest BCUT2D eigenvalue weighted by Gasteiger charge is -1.98. The number of nitriles is 2. The van der Waals surface area contributed by atoms with Gasteiger partial charge in [-0.1, -0.05) is 0 Å². The predicted molar refractivity (Wildman–Crippen MR) is 52.3 cm³/mol. The van der Waals surface area contributed by atoms with E-state index in [0.29, 0.717) is 11.1 Å². The first kappa shape index (κ1) is 8.34. The summed E-state index contributed by atoms with van der Waals surface area (Å²) in [6, 6.07) is 9.45. The van der Waals surface area contributed by atoms with Crippen LogP contribution in [0.3, 0.4) is 0 Å². The molecule has 0 amide bonds. The molecular formula is C11H7N3. The number of hydrogen-bond acceptors (Lipinski definition) is 2. The Balaban J connectivity index is 2.88. The van der Waals surface area contributed by atoms with E-state index in [4.69, 9.17) is 10.5 Å². The van der Waals surface area contributed by atoms with Crippen molar-refractivity contribution < 1.29 is 0 Å². The van der Waals surface area contributed by atoms with Crippen LogP contribution in [-0.4, -0.2) is 4.57 Å². The second-order valence-electron chi connectivity index (χ2n) is 3.11. The maximum absolute atomic E-state index is 8.83. The van der Waals surface area contributed by atoms with Crippen LogP contribution < -0.4 is 0 Å². The average Bonchev–Trinajstić information content (AvgIpc) is 2.58. The molecule has 0 fully saturated rings. The van der Waals surface area contributed by atoms with Crippen molar-refractivity contribution in [1.82, 2.24) is 4.57 Å². The molecule has 0 N–H and O–H groups in total. The third-order valence-corrected chi connectivity index (χ3v) is 2.27. The Labute approximate surface area is 81.4 Å². The average molecular weight is 181 g/mol. The number of hydrogen-bond donors (Lipinski definition) is 0. The van der Waals surface area contributed by atoms with Gasteiger partial charge in [0.25, 0.3) is 0 Å². The summed E-state index contributed by atoms with van der Waals surface area (Å²) in [5, 5.41) is 18.6. The lowest BCUT2D eigenvalue weighted by Crippen LogP contribution is -1.88. The van der Waals surface area contributed by atoms with Crippen LogP contribution in [0.25, 0.3) is 10.9 Å². The molecule has 66 valence electrons. The summed E-state index contributed by atoms with van der Waals surface area (Å²) >= 11 is 0. The minimum atomic E-state index is 0.432. The molecule has 0 saturated carbocycles. The van der Waals surface area contributed by atoms with Crippen LogP contribution in [0.1, 0.15) is 11.1 Å². The van der Waals surface area contributed by atoms with Crippen molar-refractivity contribution in [2.24, 2.45) is 7.05 Å². The van der Waals surface area contributed by atoms with E-state index in [0.717, 1.165) is 10.9 Å². The van der Waals surface area contributed by atoms with E-state index in [1.165, 1.54) is 0 Å². The number of rotatable bonds is 0. The zero-order valence-electron chi connectivity index (χ0n) is 7.65. The molecular weight excluding hydrogens is 174 g/mol. The Hall–Kier alpha value is -2.26. The first-order chi connectivity index (χ1) is 6.76. The van der Waals surface area contributed by atoms with Crippen molar-refractivity contribution in [2.75, 3.05) is 0 Å². The van der Waals surface area contributed by atoms with Crippen molar-refractivity contribution >= 4 is 10.9 Å². The highest BCUT2D eigenvalue weighted by molar-refractivity contribution is 5.83. The fourth-order valence-corrected chi connectivity index (χ4v) is 1.50. The molecule has 1 aromatic carbocycles. The number of benzene rings is 1. The van der Waals surface area contributed by atoms with E-state index < -0.39 is 0 Å². The molecule has 0 atom stereocenters. The SMILES string of the molecule is Cn1ccc2cc(C#N)c(C#N)cc21. The second-order valence-corrected chi connectivity index (χ2v) is 3.11. The van der Waals surface area contributed by atoms with Crippen LogP contribution in [0.5, 0.6) is 0 Å². The van der Waals surface area contributed by atoms with E-state index in [1.807, 2.05) is 36.0 Å². The van der Waals surface area contributed by atoms with Crippen LogP contribution in [0, 0.1) is 22.7 Å². The molecule has 2 rings (SSSR count). The lowest BCUT2D eigenvalue weighted by molar-refractivity contribution is 0.969. The van der Waals surface area contributed by atoms with Gasteiger partial charge in [0.2, 0.25) is 0 Å². The molecule has 0 saturated heterocycles. The van der Waals surface area contributed by atoms with E-state index in [-0.39, 0.29) is 0 Å². The Morgan fingerprint density at radius 1 is 1.14 bits per heavy atom. The van der Waals surface area contributed by atoms with E-state index >= 15 is 0 Å². The molecule has 14 heavy (non-hydrogen) atoms. The van der Waals surface area contributed by atoms with Crippen LogP contribution in [0.2, 0.25) is 0 Å². The number of aryl methyl sites for hydroxylation is 1. The van der Waals surface area contributed by atoms with E-state index in [9.17, 15) is 0 Å². The molecule has 3 heteroatoms. The summed E-state index contributed by atoms with van der Waals surface area (Å²) in [4.78, 5) is 0. The molecule has 2 aromatic rings. The van der Waals surface area contributed by atoms with Crippen LogP contribution in [0.4, 0.5) is 0 Å². The molecule has 0 aliphatic rings. The fourth-order valence-electron chi connectivity index (χ4n) is 1.50. The standard InChI is InChI=1S/C11H7N3/c1-14-3-2-8-4-9(6-12)10(7-13)5-11(8)14/h2-5H,1H3. The maximum Gasteiger partial charge on any atom is 0.101 e. The van der Waals surface area contributed by atoms with Crippen molar-refractivity contribution in [3.05, 3.63) is 35.5 Å². The summed E-state index contributed by atoms with van der Waals surface area (Å²) < 4.78 is 1.93. The first-order valence-electron chi connectivity index (χ1n) is 4.15. The topological polar surface area (TPSA) is 52.5 Å². The molecule has 3 nitrogen and oxygen atoms in total. The van der Waals surface area contributed by atoms with Gasteiger partial charge < -0.3 is 4.57 Å². The van der Waals surface area contributed by atoms with Crippen molar-refractivity contribution in [3.8, 4) is 12.1 Å². The monoisotopic (exact) mass is 181 g/mol. The zero-order chi connectivity index (χ0) is 10.1. The molecule has 0 unspecified atom stereocenters. The van der Waals surface area contributed by atoms with Gasteiger partial charge in [0.15, 0.2) is 0 Å².